The van der Waals surface area contributed by atoms with Crippen molar-refractivity contribution in [2.75, 3.05) is 33.3 Å². The molecule has 3 heterocycles. The zero-order valence-electron chi connectivity index (χ0n) is 22.7. The smallest absolute Gasteiger partial charge is 0.243 e. The number of hydrogen-bond acceptors (Lipinski definition) is 5. The molecule has 0 amide bonds. The van der Waals surface area contributed by atoms with Gasteiger partial charge in [-0.3, -0.25) is 4.90 Å². The quantitative estimate of drug-likeness (QED) is 0.267. The average Bonchev–Trinajstić information content (AvgIpc) is 3.35. The highest BCUT2D eigenvalue weighted by atomic mass is 32.2. The highest BCUT2D eigenvalue weighted by Crippen LogP contribution is 2.31. The Kier molecular flexibility index (Phi) is 7.14. The summed E-state index contributed by atoms with van der Waals surface area (Å²) in [6.07, 6.45) is 2.15. The van der Waals surface area contributed by atoms with Crippen LogP contribution < -0.4 is 4.74 Å². The molecule has 1 aliphatic rings. The SMILES string of the molecule is COc1cccc(-c2nc3ccc(-c4ccccc4)cn3c2CN2CCN(S(=O)(=O)c3ccc(C)cc3)CC2)c1. The van der Waals surface area contributed by atoms with Gasteiger partial charge in [-0.1, -0.05) is 60.2 Å². The van der Waals surface area contributed by atoms with Crippen LogP contribution in [0, 0.1) is 6.92 Å². The lowest BCUT2D eigenvalue weighted by Crippen LogP contribution is -2.48. The van der Waals surface area contributed by atoms with E-state index >= 15 is 0 Å². The molecule has 0 N–H and O–H groups in total. The number of pyridine rings is 1. The molecule has 6 rings (SSSR count). The molecule has 0 spiro atoms. The second-order valence-electron chi connectivity index (χ2n) is 10.1. The highest BCUT2D eigenvalue weighted by Gasteiger charge is 2.29. The van der Waals surface area contributed by atoms with E-state index in [1.54, 1.807) is 23.5 Å². The minimum absolute atomic E-state index is 0.349. The van der Waals surface area contributed by atoms with Crippen LogP contribution in [0.4, 0.5) is 0 Å². The van der Waals surface area contributed by atoms with E-state index in [0.29, 0.717) is 37.6 Å². The van der Waals surface area contributed by atoms with Gasteiger partial charge in [-0.05, 0) is 54.4 Å². The summed E-state index contributed by atoms with van der Waals surface area (Å²) in [5, 5.41) is 0. The molecule has 40 heavy (non-hydrogen) atoms. The number of aromatic nitrogens is 2. The normalized spacial score (nSPS) is 14.9. The number of aryl methyl sites for hydroxylation is 1. The molecule has 8 heteroatoms. The molecule has 1 saturated heterocycles. The number of methoxy groups -OCH3 is 1. The van der Waals surface area contributed by atoms with Gasteiger partial charge in [0.1, 0.15) is 11.4 Å². The van der Waals surface area contributed by atoms with Crippen LogP contribution in [0.2, 0.25) is 0 Å². The summed E-state index contributed by atoms with van der Waals surface area (Å²) >= 11 is 0. The van der Waals surface area contributed by atoms with Gasteiger partial charge in [0, 0.05) is 44.5 Å². The van der Waals surface area contributed by atoms with Gasteiger partial charge in [0.05, 0.1) is 23.4 Å². The van der Waals surface area contributed by atoms with Gasteiger partial charge < -0.3 is 9.14 Å². The van der Waals surface area contributed by atoms with Crippen molar-refractivity contribution >= 4 is 15.7 Å². The molecule has 0 saturated carbocycles. The Balaban J connectivity index is 1.32. The third-order valence-corrected chi connectivity index (χ3v) is 9.44. The number of piperazine rings is 1. The van der Waals surface area contributed by atoms with Gasteiger partial charge in [-0.25, -0.2) is 13.4 Å². The van der Waals surface area contributed by atoms with Crippen molar-refractivity contribution in [3.8, 4) is 28.1 Å². The zero-order chi connectivity index (χ0) is 27.7. The topological polar surface area (TPSA) is 67.2 Å². The van der Waals surface area contributed by atoms with Crippen LogP contribution in [0.3, 0.4) is 0 Å². The molecule has 0 unspecified atom stereocenters. The van der Waals surface area contributed by atoms with Crippen molar-refractivity contribution in [1.82, 2.24) is 18.6 Å². The Bertz CT molecular complexity index is 1740. The molecule has 7 nitrogen and oxygen atoms in total. The molecule has 204 valence electrons. The molecule has 0 bridgehead atoms. The first-order chi connectivity index (χ1) is 19.4. The van der Waals surface area contributed by atoms with Crippen LogP contribution in [0.25, 0.3) is 28.0 Å². The summed E-state index contributed by atoms with van der Waals surface area (Å²) in [5.41, 5.74) is 7.11. The molecular formula is C32H32N4O3S. The summed E-state index contributed by atoms with van der Waals surface area (Å²) in [7, 11) is -1.85. The van der Waals surface area contributed by atoms with E-state index in [-0.39, 0.29) is 0 Å². The van der Waals surface area contributed by atoms with Gasteiger partial charge in [-0.15, -0.1) is 0 Å². The van der Waals surface area contributed by atoms with Gasteiger partial charge >= 0.3 is 0 Å². The van der Waals surface area contributed by atoms with Crippen molar-refractivity contribution in [3.63, 3.8) is 0 Å². The minimum atomic E-state index is -3.52. The molecule has 0 aliphatic carbocycles. The number of nitrogens with zero attached hydrogens (tertiary/aromatic N) is 4. The maximum atomic E-state index is 13.3. The predicted molar refractivity (Wildman–Crippen MR) is 158 cm³/mol. The van der Waals surface area contributed by atoms with E-state index in [0.717, 1.165) is 45.0 Å². The Morgan fingerprint density at radius 1 is 0.800 bits per heavy atom. The van der Waals surface area contributed by atoms with Crippen LogP contribution in [-0.2, 0) is 16.6 Å². The maximum Gasteiger partial charge on any atom is 0.243 e. The van der Waals surface area contributed by atoms with E-state index in [4.69, 9.17) is 9.72 Å². The van der Waals surface area contributed by atoms with E-state index in [2.05, 4.69) is 45.8 Å². The first-order valence-electron chi connectivity index (χ1n) is 13.4. The molecular weight excluding hydrogens is 520 g/mol. The average molecular weight is 553 g/mol. The molecule has 2 aromatic heterocycles. The number of benzene rings is 3. The van der Waals surface area contributed by atoms with E-state index in [1.165, 1.54) is 0 Å². The standard InChI is InChI=1S/C32H32N4O3S/c1-24-11-14-29(15-12-24)40(37,38)35-19-17-34(18-20-35)23-30-32(26-9-6-10-28(21-26)39-2)33-31-16-13-27(22-36(30)31)25-7-4-3-5-8-25/h3-16,21-22H,17-20,23H2,1-2H3. The minimum Gasteiger partial charge on any atom is -0.497 e. The Hall–Kier alpha value is -3.98. The summed E-state index contributed by atoms with van der Waals surface area (Å²) in [4.78, 5) is 7.69. The number of sulfonamides is 1. The van der Waals surface area contributed by atoms with E-state index in [1.807, 2.05) is 55.5 Å². The largest absolute Gasteiger partial charge is 0.497 e. The van der Waals surface area contributed by atoms with E-state index in [9.17, 15) is 8.42 Å². The van der Waals surface area contributed by atoms with Gasteiger partial charge in [0.2, 0.25) is 10.0 Å². The molecule has 1 aliphatic heterocycles. The summed E-state index contributed by atoms with van der Waals surface area (Å²) in [6, 6.07) is 29.5. The molecule has 0 radical (unpaired) electrons. The molecule has 3 aromatic carbocycles. The molecule has 5 aromatic rings. The van der Waals surface area contributed by atoms with E-state index < -0.39 is 10.0 Å². The second kappa shape index (κ2) is 10.9. The Labute approximate surface area is 235 Å². The number of hydrogen-bond donors (Lipinski definition) is 0. The second-order valence-corrected chi connectivity index (χ2v) is 12.1. The number of rotatable bonds is 7. The van der Waals surface area contributed by atoms with Gasteiger partial charge in [-0.2, -0.15) is 4.31 Å². The number of ether oxygens (including phenoxy) is 1. The first-order valence-corrected chi connectivity index (χ1v) is 14.9. The lowest BCUT2D eigenvalue weighted by atomic mass is 10.1. The number of imidazole rings is 1. The van der Waals surface area contributed by atoms with Crippen LogP contribution in [-0.4, -0.2) is 60.3 Å². The zero-order valence-corrected chi connectivity index (χ0v) is 23.5. The van der Waals surface area contributed by atoms with Crippen molar-refractivity contribution in [3.05, 3.63) is 108 Å². The van der Waals surface area contributed by atoms with Gasteiger partial charge in [0.25, 0.3) is 0 Å². The third kappa shape index (κ3) is 5.13. The van der Waals surface area contributed by atoms with Crippen molar-refractivity contribution < 1.29 is 13.2 Å². The highest BCUT2D eigenvalue weighted by molar-refractivity contribution is 7.89. The first kappa shape index (κ1) is 26.3. The Morgan fingerprint density at radius 3 is 2.25 bits per heavy atom. The number of fused-ring (bicyclic) bond motifs is 1. The van der Waals surface area contributed by atoms with Crippen molar-refractivity contribution in [2.24, 2.45) is 0 Å². The van der Waals surface area contributed by atoms with Crippen LogP contribution in [0.1, 0.15) is 11.3 Å². The Morgan fingerprint density at radius 2 is 1.52 bits per heavy atom. The lowest BCUT2D eigenvalue weighted by Gasteiger charge is -2.34. The lowest BCUT2D eigenvalue weighted by molar-refractivity contribution is 0.180. The maximum absolute atomic E-state index is 13.3. The summed E-state index contributed by atoms with van der Waals surface area (Å²) in [5.74, 6) is 0.778. The predicted octanol–water partition coefficient (Wildman–Crippen LogP) is 5.49. The summed E-state index contributed by atoms with van der Waals surface area (Å²) in [6.45, 7) is 4.75. The summed E-state index contributed by atoms with van der Waals surface area (Å²) < 4.78 is 35.8. The van der Waals surface area contributed by atoms with Gasteiger partial charge in [0.15, 0.2) is 0 Å². The fraction of sp³-hybridized carbons (Fsp3) is 0.219. The molecule has 1 fully saturated rings. The monoisotopic (exact) mass is 552 g/mol. The van der Waals surface area contributed by atoms with Crippen LogP contribution in [0.15, 0.2) is 102 Å². The van der Waals surface area contributed by atoms with Crippen molar-refractivity contribution in [1.29, 1.82) is 0 Å². The molecule has 0 atom stereocenters. The third-order valence-electron chi connectivity index (χ3n) is 7.53. The fourth-order valence-electron chi connectivity index (χ4n) is 5.25. The fourth-order valence-corrected chi connectivity index (χ4v) is 6.67. The van der Waals surface area contributed by atoms with Crippen molar-refractivity contribution in [2.45, 2.75) is 18.4 Å². The van der Waals surface area contributed by atoms with Crippen LogP contribution in [0.5, 0.6) is 5.75 Å². The van der Waals surface area contributed by atoms with Crippen LogP contribution >= 0.6 is 0 Å².